The SMILES string of the molecule is C=CC(=O)N1CC2(CCN(c3nc(N4CC5(CCC5CC5CC5)C4)nc4c(OCC(F)(F)F)c(-c5c(C)ccc6[nH]ncc56)c(C5CC5)cc34)CC2)C1. The van der Waals surface area contributed by atoms with Gasteiger partial charge in [-0.2, -0.15) is 23.3 Å². The van der Waals surface area contributed by atoms with Crippen LogP contribution in [0.3, 0.4) is 0 Å². The number of aromatic amines is 1. The lowest BCUT2D eigenvalue weighted by Gasteiger charge is -2.61. The van der Waals surface area contributed by atoms with Gasteiger partial charge in [0.25, 0.3) is 0 Å². The van der Waals surface area contributed by atoms with Crippen LogP contribution < -0.4 is 14.5 Å². The zero-order valence-electron chi connectivity index (χ0n) is 30.3. The van der Waals surface area contributed by atoms with Gasteiger partial charge in [0, 0.05) is 66.4 Å². The number of hydrogen-bond donors (Lipinski definition) is 1. The third-order valence-corrected chi connectivity index (χ3v) is 13.6. The van der Waals surface area contributed by atoms with Gasteiger partial charge in [-0.1, -0.05) is 25.5 Å². The molecule has 3 aliphatic carbocycles. The molecule has 3 saturated carbocycles. The molecular weight excluding hydrogens is 679 g/mol. The summed E-state index contributed by atoms with van der Waals surface area (Å²) in [7, 11) is 0. The second-order valence-corrected chi connectivity index (χ2v) is 17.2. The maximum absolute atomic E-state index is 14.1. The van der Waals surface area contributed by atoms with Gasteiger partial charge in [-0.3, -0.25) is 9.89 Å². The van der Waals surface area contributed by atoms with E-state index in [-0.39, 0.29) is 23.0 Å². The normalized spacial score (nSPS) is 23.3. The van der Waals surface area contributed by atoms with Crippen molar-refractivity contribution in [3.63, 3.8) is 0 Å². The smallest absolute Gasteiger partial charge is 0.422 e. The van der Waals surface area contributed by atoms with Crippen molar-refractivity contribution in [3.8, 4) is 16.9 Å². The number of fused-ring (bicyclic) bond motifs is 2. The number of amides is 1. The lowest BCUT2D eigenvalue weighted by Crippen LogP contribution is -2.65. The fourth-order valence-electron chi connectivity index (χ4n) is 10.0. The lowest BCUT2D eigenvalue weighted by molar-refractivity contribution is -0.153. The number of H-pyrrole nitrogens is 1. The summed E-state index contributed by atoms with van der Waals surface area (Å²) in [6.45, 7) is 8.92. The number of anilines is 2. The molecule has 9 nitrogen and oxygen atoms in total. The predicted molar refractivity (Wildman–Crippen MR) is 198 cm³/mol. The monoisotopic (exact) mass is 725 g/mol. The Labute approximate surface area is 307 Å². The van der Waals surface area contributed by atoms with Gasteiger partial charge in [-0.25, -0.2) is 4.98 Å². The Morgan fingerprint density at radius 3 is 2.43 bits per heavy atom. The summed E-state index contributed by atoms with van der Waals surface area (Å²) in [5.74, 6) is 3.30. The fourth-order valence-corrected chi connectivity index (χ4v) is 10.0. The quantitative estimate of drug-likeness (QED) is 0.175. The molecule has 0 radical (unpaired) electrons. The van der Waals surface area contributed by atoms with Crippen molar-refractivity contribution in [1.82, 2.24) is 25.1 Å². The zero-order valence-corrected chi connectivity index (χ0v) is 30.3. The number of nitrogens with zero attached hydrogens (tertiary/aromatic N) is 6. The molecule has 278 valence electrons. The number of rotatable bonds is 9. The van der Waals surface area contributed by atoms with Crippen molar-refractivity contribution in [3.05, 3.63) is 48.2 Å². The number of alkyl halides is 3. The van der Waals surface area contributed by atoms with Crippen molar-refractivity contribution >= 4 is 39.5 Å². The molecule has 1 atom stereocenters. The van der Waals surface area contributed by atoms with Crippen LogP contribution in [-0.4, -0.2) is 83.0 Å². The van der Waals surface area contributed by atoms with E-state index in [2.05, 4.69) is 32.6 Å². The molecule has 3 saturated heterocycles. The fraction of sp³-hybridized carbons (Fsp3) is 0.561. The molecule has 6 aliphatic rings. The van der Waals surface area contributed by atoms with Crippen molar-refractivity contribution in [2.45, 2.75) is 76.8 Å². The number of aromatic nitrogens is 4. The number of carbonyl (C=O) groups excluding carboxylic acids is 1. The molecule has 10 rings (SSSR count). The van der Waals surface area contributed by atoms with E-state index < -0.39 is 12.8 Å². The van der Waals surface area contributed by atoms with E-state index in [0.29, 0.717) is 22.4 Å². The van der Waals surface area contributed by atoms with Gasteiger partial charge in [0.15, 0.2) is 12.4 Å². The minimum absolute atomic E-state index is 0.0289. The Bertz CT molecular complexity index is 2130. The molecule has 5 heterocycles. The molecule has 12 heteroatoms. The highest BCUT2D eigenvalue weighted by Gasteiger charge is 2.56. The first-order chi connectivity index (χ1) is 25.5. The molecule has 1 N–H and O–H groups in total. The number of piperidine rings is 1. The molecule has 2 spiro atoms. The Kier molecular flexibility index (Phi) is 7.41. The topological polar surface area (TPSA) is 90.5 Å². The molecule has 3 aliphatic heterocycles. The van der Waals surface area contributed by atoms with Crippen LogP contribution in [0.25, 0.3) is 32.9 Å². The number of likely N-dealkylation sites (tertiary alicyclic amines) is 1. The van der Waals surface area contributed by atoms with Crippen molar-refractivity contribution in [2.75, 3.05) is 55.7 Å². The summed E-state index contributed by atoms with van der Waals surface area (Å²) in [4.78, 5) is 29.2. The van der Waals surface area contributed by atoms with E-state index in [0.717, 1.165) is 116 Å². The number of hydrogen-bond acceptors (Lipinski definition) is 7. The minimum Gasteiger partial charge on any atom is -0.481 e. The van der Waals surface area contributed by atoms with Crippen molar-refractivity contribution in [2.24, 2.45) is 22.7 Å². The number of ether oxygens (including phenoxy) is 1. The van der Waals surface area contributed by atoms with Crippen LogP contribution in [0.4, 0.5) is 24.9 Å². The first-order valence-electron chi connectivity index (χ1n) is 19.4. The lowest BCUT2D eigenvalue weighted by atomic mass is 9.54. The number of nitrogens with one attached hydrogen (secondary N) is 1. The average molecular weight is 726 g/mol. The summed E-state index contributed by atoms with van der Waals surface area (Å²) in [5, 5.41) is 8.96. The average Bonchev–Trinajstić information content (AvgIpc) is 4.05. The van der Waals surface area contributed by atoms with Gasteiger partial charge in [0.2, 0.25) is 11.9 Å². The minimum atomic E-state index is -4.54. The predicted octanol–water partition coefficient (Wildman–Crippen LogP) is 7.93. The Morgan fingerprint density at radius 2 is 1.77 bits per heavy atom. The van der Waals surface area contributed by atoms with Crippen LogP contribution in [0, 0.1) is 29.6 Å². The van der Waals surface area contributed by atoms with Crippen molar-refractivity contribution < 1.29 is 22.7 Å². The van der Waals surface area contributed by atoms with Crippen LogP contribution in [0.2, 0.25) is 0 Å². The third-order valence-electron chi connectivity index (χ3n) is 13.6. The highest BCUT2D eigenvalue weighted by molar-refractivity contribution is 6.06. The standard InChI is InChI=1S/C41H46F3N7O2/c1-3-32(52)50-19-39(20-50)12-14-49(15-13-39)37-29-17-28(26-7-8-26)34(33-24(2)4-9-31-30(33)18-45-48-31)36(53-23-41(42,43)44)35(29)46-38(47-37)51-21-40(22-51)11-10-27(40)16-25-5-6-25/h3-4,9,17-18,25-27H,1,5-8,10-16,19-23H2,2H3,(H,45,48). The molecule has 6 fully saturated rings. The van der Waals surface area contributed by atoms with Gasteiger partial charge in [-0.05, 0) is 105 Å². The molecule has 53 heavy (non-hydrogen) atoms. The van der Waals surface area contributed by atoms with E-state index in [4.69, 9.17) is 14.7 Å². The maximum Gasteiger partial charge on any atom is 0.422 e. The largest absolute Gasteiger partial charge is 0.481 e. The van der Waals surface area contributed by atoms with Crippen LogP contribution in [0.15, 0.2) is 37.1 Å². The summed E-state index contributed by atoms with van der Waals surface area (Å²) in [6.07, 6.45) is 8.82. The third kappa shape index (κ3) is 5.64. The first kappa shape index (κ1) is 33.2. The Morgan fingerprint density at radius 1 is 1.00 bits per heavy atom. The van der Waals surface area contributed by atoms with Gasteiger partial charge < -0.3 is 19.4 Å². The summed E-state index contributed by atoms with van der Waals surface area (Å²) in [6, 6.07) is 6.11. The second kappa shape index (κ2) is 11.8. The molecular formula is C41H46F3N7O2. The van der Waals surface area contributed by atoms with Gasteiger partial charge in [0.1, 0.15) is 11.3 Å². The van der Waals surface area contributed by atoms with Crippen LogP contribution in [0.5, 0.6) is 5.75 Å². The summed E-state index contributed by atoms with van der Waals surface area (Å²) < 4.78 is 48.4. The van der Waals surface area contributed by atoms with Crippen LogP contribution >= 0.6 is 0 Å². The number of halogens is 3. The zero-order chi connectivity index (χ0) is 36.3. The second-order valence-electron chi connectivity index (χ2n) is 17.2. The van der Waals surface area contributed by atoms with E-state index in [1.165, 1.54) is 38.2 Å². The number of benzene rings is 2. The maximum atomic E-state index is 14.1. The van der Waals surface area contributed by atoms with E-state index in [1.54, 1.807) is 6.20 Å². The molecule has 2 aromatic carbocycles. The van der Waals surface area contributed by atoms with Crippen LogP contribution in [-0.2, 0) is 4.79 Å². The highest BCUT2D eigenvalue weighted by atomic mass is 19.4. The van der Waals surface area contributed by atoms with Gasteiger partial charge >= 0.3 is 6.18 Å². The van der Waals surface area contributed by atoms with Gasteiger partial charge in [-0.15, -0.1) is 0 Å². The molecule has 1 unspecified atom stereocenters. The highest BCUT2D eigenvalue weighted by Crippen LogP contribution is 2.59. The van der Waals surface area contributed by atoms with E-state index >= 15 is 0 Å². The molecule has 0 bridgehead atoms. The van der Waals surface area contributed by atoms with Gasteiger partial charge in [0.05, 0.1) is 11.7 Å². The van der Waals surface area contributed by atoms with Crippen molar-refractivity contribution in [1.29, 1.82) is 0 Å². The van der Waals surface area contributed by atoms with E-state index in [1.807, 2.05) is 24.0 Å². The van der Waals surface area contributed by atoms with Crippen LogP contribution in [0.1, 0.15) is 74.8 Å². The Hall–Kier alpha value is -4.35. The number of carbonyl (C=O) groups is 1. The number of aryl methyl sites for hydroxylation is 1. The first-order valence-corrected chi connectivity index (χ1v) is 19.4. The molecule has 1 amide bonds. The van der Waals surface area contributed by atoms with E-state index in [9.17, 15) is 18.0 Å². The Balaban J connectivity index is 1.11. The molecule has 2 aromatic heterocycles. The molecule has 4 aromatic rings. The summed E-state index contributed by atoms with van der Waals surface area (Å²) >= 11 is 0. The summed E-state index contributed by atoms with van der Waals surface area (Å²) in [5.41, 5.74) is 5.06.